The Morgan fingerprint density at radius 2 is 1.77 bits per heavy atom. The van der Waals surface area contributed by atoms with Gasteiger partial charge in [-0.15, -0.1) is 0 Å². The summed E-state index contributed by atoms with van der Waals surface area (Å²) in [6.45, 7) is 10.8. The third kappa shape index (κ3) is 7.03. The van der Waals surface area contributed by atoms with Crippen molar-refractivity contribution in [1.82, 2.24) is 9.88 Å². The molecule has 2 aliphatic rings. The molecule has 1 aliphatic carbocycles. The van der Waals surface area contributed by atoms with E-state index in [0.717, 1.165) is 85.9 Å². The number of phenols is 1. The molecule has 0 spiro atoms. The Morgan fingerprint density at radius 3 is 2.51 bits per heavy atom. The number of carbonyl (C=O) groups excluding carboxylic acids is 1. The van der Waals surface area contributed by atoms with Crippen LogP contribution in [0.25, 0.3) is 10.9 Å². The van der Waals surface area contributed by atoms with Crippen molar-refractivity contribution in [2.24, 2.45) is 11.8 Å². The maximum Gasteiger partial charge on any atom is 0.309 e. The van der Waals surface area contributed by atoms with Gasteiger partial charge in [-0.1, -0.05) is 36.9 Å². The van der Waals surface area contributed by atoms with E-state index in [4.69, 9.17) is 9.72 Å². The standard InChI is InChI=1S/C29H36N2O4/c1-20(3-4-21(2)22-6-9-26(32)10-7-22)19-35-29(34)23-13-15-31(16-14-23)18-25-8-5-24-17-27(33)11-12-28(24)30-25/h3-5,8,11-12,17,22-23,26,32-33H,1-2,6-7,9-10,13-16,18-19H2/b4-3-/t22-,26+. The molecular weight excluding hydrogens is 440 g/mol. The molecule has 2 aromatic rings. The lowest BCUT2D eigenvalue weighted by Crippen LogP contribution is -2.36. The SMILES string of the molecule is C=C(/C=C\C(=C)[C@H]1CC[C@@H](O)CC1)COC(=O)C1CCN(Cc2ccc3cc(O)ccc3n2)CC1. The van der Waals surface area contributed by atoms with Crippen LogP contribution in [0.2, 0.25) is 0 Å². The lowest BCUT2D eigenvalue weighted by Gasteiger charge is -2.30. The minimum Gasteiger partial charge on any atom is -0.508 e. The first-order valence-corrected chi connectivity index (χ1v) is 12.6. The van der Waals surface area contributed by atoms with E-state index in [1.807, 2.05) is 30.4 Å². The largest absolute Gasteiger partial charge is 0.508 e. The summed E-state index contributed by atoms with van der Waals surface area (Å²) < 4.78 is 5.54. The number of aromatic hydroxyl groups is 1. The number of aliphatic hydroxyl groups excluding tert-OH is 1. The third-order valence-corrected chi connectivity index (χ3v) is 7.19. The van der Waals surface area contributed by atoms with Gasteiger partial charge in [0.1, 0.15) is 12.4 Å². The van der Waals surface area contributed by atoms with Gasteiger partial charge in [0.15, 0.2) is 0 Å². The van der Waals surface area contributed by atoms with Crippen LogP contribution in [0.15, 0.2) is 66.8 Å². The summed E-state index contributed by atoms with van der Waals surface area (Å²) in [6.07, 6.45) is 8.83. The van der Waals surface area contributed by atoms with Gasteiger partial charge in [0.25, 0.3) is 0 Å². The number of ether oxygens (including phenoxy) is 1. The number of rotatable bonds is 8. The normalized spacial score (nSPS) is 21.9. The van der Waals surface area contributed by atoms with Crippen molar-refractivity contribution in [3.8, 4) is 5.75 Å². The van der Waals surface area contributed by atoms with Crippen LogP contribution in [0, 0.1) is 11.8 Å². The van der Waals surface area contributed by atoms with Gasteiger partial charge in [0.05, 0.1) is 23.2 Å². The van der Waals surface area contributed by atoms with E-state index in [-0.39, 0.29) is 30.3 Å². The van der Waals surface area contributed by atoms with Crippen LogP contribution < -0.4 is 0 Å². The van der Waals surface area contributed by atoms with Crippen molar-refractivity contribution < 1.29 is 19.7 Å². The summed E-state index contributed by atoms with van der Waals surface area (Å²) in [5.41, 5.74) is 3.66. The van der Waals surface area contributed by atoms with Gasteiger partial charge in [-0.05, 0) is 87.4 Å². The van der Waals surface area contributed by atoms with Crippen LogP contribution in [-0.2, 0) is 16.1 Å². The van der Waals surface area contributed by atoms with Gasteiger partial charge in [-0.3, -0.25) is 14.7 Å². The van der Waals surface area contributed by atoms with Crippen LogP contribution in [-0.4, -0.2) is 51.9 Å². The molecule has 1 aromatic heterocycles. The van der Waals surface area contributed by atoms with Crippen LogP contribution in [0.5, 0.6) is 5.75 Å². The van der Waals surface area contributed by atoms with E-state index in [0.29, 0.717) is 5.92 Å². The number of benzene rings is 1. The predicted molar refractivity (Wildman–Crippen MR) is 138 cm³/mol. The molecule has 6 nitrogen and oxygen atoms in total. The number of hydrogen-bond donors (Lipinski definition) is 2. The van der Waals surface area contributed by atoms with E-state index in [2.05, 4.69) is 18.1 Å². The second-order valence-electron chi connectivity index (χ2n) is 9.91. The lowest BCUT2D eigenvalue weighted by molar-refractivity contribution is -0.149. The number of phenolic OH excluding ortho intramolecular Hbond substituents is 1. The fourth-order valence-corrected chi connectivity index (χ4v) is 4.94. The Hall–Kier alpha value is -2.96. The van der Waals surface area contributed by atoms with Crippen molar-refractivity contribution in [3.63, 3.8) is 0 Å². The van der Waals surface area contributed by atoms with Crippen molar-refractivity contribution >= 4 is 16.9 Å². The highest BCUT2D eigenvalue weighted by atomic mass is 16.5. The van der Waals surface area contributed by atoms with Gasteiger partial charge >= 0.3 is 5.97 Å². The zero-order valence-electron chi connectivity index (χ0n) is 20.4. The molecule has 0 radical (unpaired) electrons. The summed E-state index contributed by atoms with van der Waals surface area (Å²) in [6, 6.07) is 9.18. The van der Waals surface area contributed by atoms with E-state index in [9.17, 15) is 15.0 Å². The van der Waals surface area contributed by atoms with Crippen LogP contribution >= 0.6 is 0 Å². The monoisotopic (exact) mass is 476 g/mol. The van der Waals surface area contributed by atoms with Crippen LogP contribution in [0.3, 0.4) is 0 Å². The molecule has 1 aromatic carbocycles. The Balaban J connectivity index is 1.17. The molecule has 1 aliphatic heterocycles. The van der Waals surface area contributed by atoms with Gasteiger partial charge in [0.2, 0.25) is 0 Å². The van der Waals surface area contributed by atoms with Gasteiger partial charge < -0.3 is 14.9 Å². The minimum absolute atomic E-state index is 0.0841. The number of pyridine rings is 1. The Bertz CT molecular complexity index is 1090. The number of esters is 1. The summed E-state index contributed by atoms with van der Waals surface area (Å²) in [4.78, 5) is 19.6. The van der Waals surface area contributed by atoms with Gasteiger partial charge in [-0.2, -0.15) is 0 Å². The fraction of sp³-hybridized carbons (Fsp3) is 0.448. The number of likely N-dealkylation sites (tertiary alicyclic amines) is 1. The first kappa shape index (κ1) is 25.1. The molecule has 2 fully saturated rings. The second kappa shape index (κ2) is 11.6. The number of allylic oxidation sites excluding steroid dienone is 2. The molecule has 35 heavy (non-hydrogen) atoms. The minimum atomic E-state index is -0.171. The molecule has 0 amide bonds. The first-order valence-electron chi connectivity index (χ1n) is 12.6. The summed E-state index contributed by atoms with van der Waals surface area (Å²) in [5, 5.41) is 20.2. The van der Waals surface area contributed by atoms with E-state index < -0.39 is 0 Å². The Kier molecular flexibility index (Phi) is 8.37. The number of aliphatic hydroxyl groups is 1. The third-order valence-electron chi connectivity index (χ3n) is 7.19. The van der Waals surface area contributed by atoms with Crippen LogP contribution in [0.4, 0.5) is 0 Å². The molecular formula is C29H36N2O4. The Labute approximate surface area is 207 Å². The van der Waals surface area contributed by atoms with E-state index in [1.165, 1.54) is 0 Å². The maximum atomic E-state index is 12.6. The highest BCUT2D eigenvalue weighted by Crippen LogP contribution is 2.30. The molecule has 2 heterocycles. The number of carbonyl (C=O) groups is 1. The second-order valence-corrected chi connectivity index (χ2v) is 9.91. The quantitative estimate of drug-likeness (QED) is 0.416. The topological polar surface area (TPSA) is 82.9 Å². The highest BCUT2D eigenvalue weighted by molar-refractivity contribution is 5.80. The molecule has 4 rings (SSSR count). The molecule has 0 unspecified atom stereocenters. The number of hydrogen-bond acceptors (Lipinski definition) is 6. The summed E-state index contributed by atoms with van der Waals surface area (Å²) >= 11 is 0. The smallest absolute Gasteiger partial charge is 0.309 e. The lowest BCUT2D eigenvalue weighted by atomic mass is 9.83. The summed E-state index contributed by atoms with van der Waals surface area (Å²) in [5.74, 6) is 0.419. The predicted octanol–water partition coefficient (Wildman–Crippen LogP) is 4.92. The van der Waals surface area contributed by atoms with Crippen molar-refractivity contribution in [1.29, 1.82) is 0 Å². The summed E-state index contributed by atoms with van der Waals surface area (Å²) in [7, 11) is 0. The highest BCUT2D eigenvalue weighted by Gasteiger charge is 2.26. The number of nitrogens with zero attached hydrogens (tertiary/aromatic N) is 2. The fourth-order valence-electron chi connectivity index (χ4n) is 4.94. The number of aromatic nitrogens is 1. The number of piperidine rings is 1. The Morgan fingerprint density at radius 1 is 1.03 bits per heavy atom. The molecule has 6 heteroatoms. The molecule has 0 atom stereocenters. The zero-order chi connectivity index (χ0) is 24.8. The number of fused-ring (bicyclic) bond motifs is 1. The first-order chi connectivity index (χ1) is 16.9. The van der Waals surface area contributed by atoms with Crippen LogP contribution in [0.1, 0.15) is 44.2 Å². The zero-order valence-corrected chi connectivity index (χ0v) is 20.4. The molecule has 1 saturated heterocycles. The molecule has 186 valence electrons. The maximum absolute atomic E-state index is 12.6. The molecule has 2 N–H and O–H groups in total. The van der Waals surface area contributed by atoms with Gasteiger partial charge in [-0.25, -0.2) is 0 Å². The van der Waals surface area contributed by atoms with Crippen molar-refractivity contribution in [2.75, 3.05) is 19.7 Å². The van der Waals surface area contributed by atoms with E-state index in [1.54, 1.807) is 12.1 Å². The van der Waals surface area contributed by atoms with Gasteiger partial charge in [0, 0.05) is 11.9 Å². The molecule has 1 saturated carbocycles. The van der Waals surface area contributed by atoms with Crippen molar-refractivity contribution in [2.45, 2.75) is 51.2 Å². The van der Waals surface area contributed by atoms with Crippen molar-refractivity contribution in [3.05, 3.63) is 72.5 Å². The average Bonchev–Trinajstić information content (AvgIpc) is 2.86. The molecule has 0 bridgehead atoms. The van der Waals surface area contributed by atoms with E-state index >= 15 is 0 Å². The average molecular weight is 477 g/mol.